The zero-order valence-electron chi connectivity index (χ0n) is 21.4. The third kappa shape index (κ3) is 5.82. The van der Waals surface area contributed by atoms with Crippen molar-refractivity contribution in [1.82, 2.24) is 5.32 Å². The van der Waals surface area contributed by atoms with E-state index in [2.05, 4.69) is 16.5 Å². The lowest BCUT2D eigenvalue weighted by Gasteiger charge is -2.19. The molecule has 0 heterocycles. The van der Waals surface area contributed by atoms with Gasteiger partial charge in [-0.25, -0.2) is 0 Å². The first-order valence-corrected chi connectivity index (χ1v) is 13.3. The highest BCUT2D eigenvalue weighted by atomic mass is 19.4. The number of carboxylic acids is 1. The lowest BCUT2D eigenvalue weighted by atomic mass is 10.0. The molecule has 2 aromatic rings. The number of aliphatic carboxylic acids is 1. The van der Waals surface area contributed by atoms with Crippen molar-refractivity contribution in [3.05, 3.63) is 64.2 Å². The summed E-state index contributed by atoms with van der Waals surface area (Å²) in [5, 5.41) is 17.0. The van der Waals surface area contributed by atoms with Crippen LogP contribution >= 0.6 is 0 Å². The minimum absolute atomic E-state index is 0.0909. The van der Waals surface area contributed by atoms with Crippen molar-refractivity contribution in [1.29, 1.82) is 0 Å². The minimum atomic E-state index is -4.52. The molecule has 38 heavy (non-hydrogen) atoms. The van der Waals surface area contributed by atoms with E-state index in [1.165, 1.54) is 17.2 Å². The number of carbonyl (C=O) groups is 1. The van der Waals surface area contributed by atoms with E-state index < -0.39 is 23.1 Å². The molecule has 0 spiro atoms. The van der Waals surface area contributed by atoms with Gasteiger partial charge in [0.25, 0.3) is 0 Å². The number of benzene rings is 2. The zero-order chi connectivity index (χ0) is 26.9. The van der Waals surface area contributed by atoms with E-state index in [-0.39, 0.29) is 24.5 Å². The van der Waals surface area contributed by atoms with E-state index in [1.807, 2.05) is 12.1 Å². The smallest absolute Gasteiger partial charge is 0.419 e. The summed E-state index contributed by atoms with van der Waals surface area (Å²) in [6, 6.07) is 10.2. The highest BCUT2D eigenvalue weighted by Gasteiger charge is 2.50. The number of hydrogen-bond donors (Lipinski definition) is 2. The van der Waals surface area contributed by atoms with E-state index in [1.54, 1.807) is 13.0 Å². The van der Waals surface area contributed by atoms with E-state index >= 15 is 0 Å². The Morgan fingerprint density at radius 2 is 1.89 bits per heavy atom. The van der Waals surface area contributed by atoms with Crippen molar-refractivity contribution in [3.63, 3.8) is 0 Å². The fourth-order valence-electron chi connectivity index (χ4n) is 5.42. The summed E-state index contributed by atoms with van der Waals surface area (Å²) in [4.78, 5) is 16.9. The van der Waals surface area contributed by atoms with Gasteiger partial charge >= 0.3 is 12.1 Å². The normalized spacial score (nSPS) is 20.8. The van der Waals surface area contributed by atoms with Gasteiger partial charge < -0.3 is 20.0 Å². The first-order valence-electron chi connectivity index (χ1n) is 13.3. The van der Waals surface area contributed by atoms with Gasteiger partial charge in [0.1, 0.15) is 12.4 Å². The van der Waals surface area contributed by atoms with Crippen LogP contribution in [0, 0.1) is 5.41 Å². The number of nitrogens with one attached hydrogen (secondary N) is 1. The van der Waals surface area contributed by atoms with Crippen molar-refractivity contribution >= 4 is 11.7 Å². The Kier molecular flexibility index (Phi) is 7.40. The third-order valence-corrected chi connectivity index (χ3v) is 8.01. The molecule has 2 fully saturated rings. The Balaban J connectivity index is 1.20. The van der Waals surface area contributed by atoms with Gasteiger partial charge in [-0.15, -0.1) is 0 Å². The molecular weight excluding hydrogens is 497 g/mol. The molecule has 0 bridgehead atoms. The summed E-state index contributed by atoms with van der Waals surface area (Å²) in [6.45, 7) is 2.19. The van der Waals surface area contributed by atoms with Gasteiger partial charge in [0.15, 0.2) is 0 Å². The molecule has 2 N–H and O–H groups in total. The molecule has 3 aliphatic carbocycles. The van der Waals surface area contributed by atoms with E-state index in [0.29, 0.717) is 17.8 Å². The van der Waals surface area contributed by atoms with Gasteiger partial charge in [-0.1, -0.05) is 23.4 Å². The average Bonchev–Trinajstić information content (AvgIpc) is 3.31. The Morgan fingerprint density at radius 1 is 1.13 bits per heavy atom. The van der Waals surface area contributed by atoms with Crippen molar-refractivity contribution in [2.45, 2.75) is 83.2 Å². The van der Waals surface area contributed by atoms with Crippen LogP contribution in [0.4, 0.5) is 13.2 Å². The van der Waals surface area contributed by atoms with Crippen LogP contribution < -0.4 is 10.1 Å². The summed E-state index contributed by atoms with van der Waals surface area (Å²) in [5.41, 5.74) is 2.84. The Hall–Kier alpha value is -3.07. The van der Waals surface area contributed by atoms with Crippen molar-refractivity contribution < 1.29 is 32.6 Å². The summed E-state index contributed by atoms with van der Waals surface area (Å²) >= 11 is 0. The van der Waals surface area contributed by atoms with Gasteiger partial charge in [-0.3, -0.25) is 4.79 Å². The zero-order valence-corrected chi connectivity index (χ0v) is 21.4. The van der Waals surface area contributed by atoms with Crippen LogP contribution in [0.1, 0.15) is 85.7 Å². The van der Waals surface area contributed by atoms with Crippen LogP contribution in [0.15, 0.2) is 41.6 Å². The molecule has 3 aliphatic rings. The molecule has 6 nitrogen and oxygen atoms in total. The molecule has 204 valence electrons. The maximum absolute atomic E-state index is 13.7. The number of carboxylic acid groups (broad SMARTS) is 1. The monoisotopic (exact) mass is 530 g/mol. The molecule has 0 radical (unpaired) electrons. The van der Waals surface area contributed by atoms with E-state index in [4.69, 9.17) is 9.57 Å². The van der Waals surface area contributed by atoms with Crippen LogP contribution in [0.5, 0.6) is 5.75 Å². The van der Waals surface area contributed by atoms with Gasteiger partial charge in [0.2, 0.25) is 0 Å². The predicted molar refractivity (Wildman–Crippen MR) is 136 cm³/mol. The Bertz CT molecular complexity index is 1220. The van der Waals surface area contributed by atoms with Crippen LogP contribution in [0.2, 0.25) is 0 Å². The van der Waals surface area contributed by atoms with Gasteiger partial charge in [0, 0.05) is 12.6 Å². The topological polar surface area (TPSA) is 80.2 Å². The molecule has 0 aliphatic heterocycles. The maximum atomic E-state index is 13.7. The number of rotatable bonds is 10. The third-order valence-electron chi connectivity index (χ3n) is 8.01. The number of oxime groups is 1. The second kappa shape index (κ2) is 10.6. The molecule has 1 unspecified atom stereocenters. The Labute approximate surface area is 220 Å². The Morgan fingerprint density at radius 3 is 2.58 bits per heavy atom. The van der Waals surface area contributed by atoms with Crippen LogP contribution in [0.25, 0.3) is 0 Å². The quantitative estimate of drug-likeness (QED) is 0.274. The predicted octanol–water partition coefficient (Wildman–Crippen LogP) is 6.41. The molecule has 2 saturated carbocycles. The number of hydrogen-bond acceptors (Lipinski definition) is 5. The summed E-state index contributed by atoms with van der Waals surface area (Å²) < 4.78 is 46.7. The number of aryl methyl sites for hydroxylation is 1. The van der Waals surface area contributed by atoms with Crippen molar-refractivity contribution in [2.24, 2.45) is 10.6 Å². The maximum Gasteiger partial charge on any atom is 0.419 e. The summed E-state index contributed by atoms with van der Waals surface area (Å²) in [7, 11) is 0. The molecule has 0 saturated heterocycles. The highest BCUT2D eigenvalue weighted by Crippen LogP contribution is 2.46. The van der Waals surface area contributed by atoms with Crippen LogP contribution in [0.3, 0.4) is 0 Å². The van der Waals surface area contributed by atoms with Gasteiger partial charge in [0.05, 0.1) is 22.8 Å². The second-order valence-electron chi connectivity index (χ2n) is 10.8. The van der Waals surface area contributed by atoms with Crippen LogP contribution in [-0.2, 0) is 28.8 Å². The molecule has 2 aromatic carbocycles. The van der Waals surface area contributed by atoms with Crippen molar-refractivity contribution in [3.8, 4) is 5.75 Å². The van der Waals surface area contributed by atoms with Crippen LogP contribution in [-0.4, -0.2) is 29.4 Å². The molecule has 1 atom stereocenters. The van der Waals surface area contributed by atoms with E-state index in [9.17, 15) is 23.1 Å². The lowest BCUT2D eigenvalue weighted by molar-refractivity contribution is -0.143. The minimum Gasteiger partial charge on any atom is -0.490 e. The SMILES string of the molecule is C/C(=N\OCc1ccc(OC2CCCC2)c(C(F)(F)F)c1)c1ccc2c(c1)CCC2NCC1(C(=O)O)CC1. The first-order chi connectivity index (χ1) is 18.1. The molecule has 0 aromatic heterocycles. The van der Waals surface area contributed by atoms with Gasteiger partial charge in [-0.2, -0.15) is 13.2 Å². The first kappa shape index (κ1) is 26.5. The van der Waals surface area contributed by atoms with Crippen molar-refractivity contribution in [2.75, 3.05) is 6.54 Å². The second-order valence-corrected chi connectivity index (χ2v) is 10.8. The van der Waals surface area contributed by atoms with Gasteiger partial charge in [-0.05, 0) is 98.7 Å². The number of nitrogens with zero attached hydrogens (tertiary/aromatic N) is 1. The highest BCUT2D eigenvalue weighted by molar-refractivity contribution is 5.98. The molecule has 9 heteroatoms. The number of halogens is 3. The fraction of sp³-hybridized carbons (Fsp3) is 0.517. The molecular formula is C29H33F3N2O4. The lowest BCUT2D eigenvalue weighted by Crippen LogP contribution is -2.32. The largest absolute Gasteiger partial charge is 0.490 e. The average molecular weight is 531 g/mol. The number of fused-ring (bicyclic) bond motifs is 1. The number of ether oxygens (including phenoxy) is 1. The fourth-order valence-corrected chi connectivity index (χ4v) is 5.42. The molecule has 0 amide bonds. The standard InChI is InChI=1S/C29H33F3N2O4/c1-18(20-7-9-23-21(15-20)8-10-25(23)33-17-28(12-13-28)27(35)36)34-37-16-19-6-11-26(24(14-19)29(30,31)32)38-22-4-2-3-5-22/h6-7,9,11,14-15,22,25,33H,2-5,8,10,12-13,16-17H2,1H3,(H,35,36)/b34-18+. The molecule has 5 rings (SSSR count). The van der Waals surface area contributed by atoms with E-state index in [0.717, 1.165) is 63.0 Å². The number of alkyl halides is 3. The summed E-state index contributed by atoms with van der Waals surface area (Å²) in [6.07, 6.45) is 2.06. The summed E-state index contributed by atoms with van der Waals surface area (Å²) in [5.74, 6) is -0.859.